The van der Waals surface area contributed by atoms with Crippen LogP contribution in [0.1, 0.15) is 28.4 Å². The van der Waals surface area contributed by atoms with E-state index in [0.29, 0.717) is 11.8 Å². The molecule has 3 aromatic rings. The number of hydrogen-bond donors (Lipinski definition) is 1. The minimum absolute atomic E-state index is 0.499. The molecule has 140 valence electrons. The van der Waals surface area contributed by atoms with Gasteiger partial charge < -0.3 is 5.73 Å². The van der Waals surface area contributed by atoms with Crippen molar-refractivity contribution in [2.24, 2.45) is 11.7 Å². The van der Waals surface area contributed by atoms with Gasteiger partial charge in [0, 0.05) is 43.0 Å². The average molecular weight is 361 g/mol. The molecule has 0 radical (unpaired) electrons. The van der Waals surface area contributed by atoms with Gasteiger partial charge in [-0.25, -0.2) is 9.67 Å². The SMILES string of the molecule is Cc1nn(-c2ccccn2)c(C)c1CN1C[C@@H](CN)[C@H](c2ccccc2)C1. The standard InChI is InChI=1S/C22H27N5/c1-16-20(17(2)27(25-16)22-10-6-7-11-24-22)14-26-13-19(12-23)21(15-26)18-8-4-3-5-9-18/h3-11,19,21H,12-15,23H2,1-2H3/t19-,21+/m1/s1. The predicted octanol–water partition coefficient (Wildman–Crippen LogP) is 3.06. The first-order valence-electron chi connectivity index (χ1n) is 9.61. The summed E-state index contributed by atoms with van der Waals surface area (Å²) in [5, 5.41) is 4.74. The zero-order valence-corrected chi connectivity index (χ0v) is 16.0. The van der Waals surface area contributed by atoms with E-state index in [-0.39, 0.29) is 0 Å². The van der Waals surface area contributed by atoms with E-state index >= 15 is 0 Å². The number of pyridine rings is 1. The van der Waals surface area contributed by atoms with Crippen LogP contribution in [0.4, 0.5) is 0 Å². The van der Waals surface area contributed by atoms with Crippen LogP contribution in [0.3, 0.4) is 0 Å². The number of rotatable bonds is 5. The number of nitrogens with zero attached hydrogens (tertiary/aromatic N) is 4. The summed E-state index contributed by atoms with van der Waals surface area (Å²) in [5.41, 5.74) is 11.0. The normalized spacial score (nSPS) is 20.3. The molecule has 1 aliphatic heterocycles. The number of likely N-dealkylation sites (tertiary alicyclic amines) is 1. The van der Waals surface area contributed by atoms with Crippen LogP contribution < -0.4 is 5.73 Å². The second-order valence-corrected chi connectivity index (χ2v) is 7.46. The highest BCUT2D eigenvalue weighted by Crippen LogP contribution is 2.33. The van der Waals surface area contributed by atoms with E-state index in [1.54, 1.807) is 0 Å². The van der Waals surface area contributed by atoms with E-state index in [9.17, 15) is 0 Å². The van der Waals surface area contributed by atoms with Gasteiger partial charge >= 0.3 is 0 Å². The van der Waals surface area contributed by atoms with E-state index in [4.69, 9.17) is 10.8 Å². The summed E-state index contributed by atoms with van der Waals surface area (Å²) in [5.74, 6) is 1.87. The molecule has 5 nitrogen and oxygen atoms in total. The van der Waals surface area contributed by atoms with E-state index in [1.807, 2.05) is 29.1 Å². The summed E-state index contributed by atoms with van der Waals surface area (Å²) in [7, 11) is 0. The Bertz CT molecular complexity index is 888. The molecule has 1 aromatic carbocycles. The maximum absolute atomic E-state index is 6.11. The van der Waals surface area contributed by atoms with Crippen LogP contribution in [0.15, 0.2) is 54.7 Å². The van der Waals surface area contributed by atoms with Crippen molar-refractivity contribution in [2.75, 3.05) is 19.6 Å². The quantitative estimate of drug-likeness (QED) is 0.759. The summed E-state index contributed by atoms with van der Waals surface area (Å²) >= 11 is 0. The molecular formula is C22H27N5. The van der Waals surface area contributed by atoms with Crippen molar-refractivity contribution in [3.05, 3.63) is 77.2 Å². The highest BCUT2D eigenvalue weighted by atomic mass is 15.3. The Balaban J connectivity index is 1.56. The largest absolute Gasteiger partial charge is 0.330 e. The smallest absolute Gasteiger partial charge is 0.153 e. The van der Waals surface area contributed by atoms with Crippen LogP contribution in [0.2, 0.25) is 0 Å². The van der Waals surface area contributed by atoms with Crippen molar-refractivity contribution in [1.29, 1.82) is 0 Å². The van der Waals surface area contributed by atoms with Gasteiger partial charge in [0.1, 0.15) is 0 Å². The second-order valence-electron chi connectivity index (χ2n) is 7.46. The van der Waals surface area contributed by atoms with Gasteiger partial charge in [-0.2, -0.15) is 5.10 Å². The van der Waals surface area contributed by atoms with Crippen molar-refractivity contribution >= 4 is 0 Å². The summed E-state index contributed by atoms with van der Waals surface area (Å²) < 4.78 is 1.95. The maximum Gasteiger partial charge on any atom is 0.153 e. The molecule has 0 aliphatic carbocycles. The predicted molar refractivity (Wildman–Crippen MR) is 108 cm³/mol. The van der Waals surface area contributed by atoms with Gasteiger partial charge in [-0.05, 0) is 44.0 Å². The number of aromatic nitrogens is 3. The minimum Gasteiger partial charge on any atom is -0.330 e. The number of benzene rings is 1. The Morgan fingerprint density at radius 1 is 1.04 bits per heavy atom. The molecular weight excluding hydrogens is 334 g/mol. The molecule has 0 bridgehead atoms. The van der Waals surface area contributed by atoms with Crippen molar-refractivity contribution in [3.8, 4) is 5.82 Å². The van der Waals surface area contributed by atoms with Gasteiger partial charge in [0.2, 0.25) is 0 Å². The molecule has 0 unspecified atom stereocenters. The highest BCUT2D eigenvalue weighted by molar-refractivity contribution is 5.32. The molecule has 2 N–H and O–H groups in total. The summed E-state index contributed by atoms with van der Waals surface area (Å²) in [6.45, 7) is 7.93. The number of aryl methyl sites for hydroxylation is 1. The molecule has 3 heterocycles. The molecule has 0 saturated carbocycles. The zero-order valence-electron chi connectivity index (χ0n) is 16.0. The van der Waals surface area contributed by atoms with E-state index in [1.165, 1.54) is 16.8 Å². The van der Waals surface area contributed by atoms with Gasteiger partial charge in [0.15, 0.2) is 5.82 Å². The topological polar surface area (TPSA) is 60.0 Å². The molecule has 0 amide bonds. The molecule has 4 rings (SSSR count). The lowest BCUT2D eigenvalue weighted by atomic mass is 9.89. The molecule has 5 heteroatoms. The van der Waals surface area contributed by atoms with Crippen molar-refractivity contribution in [3.63, 3.8) is 0 Å². The lowest BCUT2D eigenvalue weighted by Crippen LogP contribution is -2.23. The summed E-state index contributed by atoms with van der Waals surface area (Å²) in [4.78, 5) is 6.97. The second kappa shape index (κ2) is 7.62. The fraction of sp³-hybridized carbons (Fsp3) is 0.364. The summed E-state index contributed by atoms with van der Waals surface area (Å²) in [6, 6.07) is 16.7. The van der Waals surface area contributed by atoms with Crippen LogP contribution in [0.25, 0.3) is 5.82 Å². The van der Waals surface area contributed by atoms with E-state index in [0.717, 1.165) is 37.7 Å². The molecule has 0 spiro atoms. The van der Waals surface area contributed by atoms with Crippen LogP contribution >= 0.6 is 0 Å². The van der Waals surface area contributed by atoms with E-state index in [2.05, 4.69) is 54.1 Å². The van der Waals surface area contributed by atoms with Crippen molar-refractivity contribution in [2.45, 2.75) is 26.3 Å². The summed E-state index contributed by atoms with van der Waals surface area (Å²) in [6.07, 6.45) is 1.81. The first kappa shape index (κ1) is 17.9. The lowest BCUT2D eigenvalue weighted by Gasteiger charge is -2.17. The highest BCUT2D eigenvalue weighted by Gasteiger charge is 2.33. The van der Waals surface area contributed by atoms with Crippen LogP contribution in [0, 0.1) is 19.8 Å². The molecule has 2 aromatic heterocycles. The minimum atomic E-state index is 0.499. The Morgan fingerprint density at radius 2 is 1.81 bits per heavy atom. The number of hydrogen-bond acceptors (Lipinski definition) is 4. The lowest BCUT2D eigenvalue weighted by molar-refractivity contribution is 0.315. The van der Waals surface area contributed by atoms with Crippen LogP contribution in [-0.4, -0.2) is 39.3 Å². The zero-order chi connectivity index (χ0) is 18.8. The Labute approximate surface area is 160 Å². The first-order chi connectivity index (χ1) is 13.2. The van der Waals surface area contributed by atoms with Crippen LogP contribution in [0.5, 0.6) is 0 Å². The third kappa shape index (κ3) is 3.53. The van der Waals surface area contributed by atoms with Gasteiger partial charge in [-0.15, -0.1) is 0 Å². The van der Waals surface area contributed by atoms with Gasteiger partial charge in [0.25, 0.3) is 0 Å². The maximum atomic E-state index is 6.11. The van der Waals surface area contributed by atoms with Crippen LogP contribution in [-0.2, 0) is 6.54 Å². The van der Waals surface area contributed by atoms with Gasteiger partial charge in [0.05, 0.1) is 5.69 Å². The fourth-order valence-electron chi connectivity index (χ4n) is 4.24. The molecule has 2 atom stereocenters. The third-order valence-corrected chi connectivity index (χ3v) is 5.74. The molecule has 27 heavy (non-hydrogen) atoms. The average Bonchev–Trinajstić information content (AvgIpc) is 3.25. The van der Waals surface area contributed by atoms with Crippen molar-refractivity contribution in [1.82, 2.24) is 19.7 Å². The van der Waals surface area contributed by atoms with E-state index < -0.39 is 0 Å². The van der Waals surface area contributed by atoms with Crippen molar-refractivity contribution < 1.29 is 0 Å². The molecule has 1 saturated heterocycles. The Kier molecular flexibility index (Phi) is 5.05. The Hall–Kier alpha value is -2.50. The molecule has 1 aliphatic rings. The fourth-order valence-corrected chi connectivity index (χ4v) is 4.24. The Morgan fingerprint density at radius 3 is 2.52 bits per heavy atom. The first-order valence-corrected chi connectivity index (χ1v) is 9.61. The molecule has 1 fully saturated rings. The number of nitrogens with two attached hydrogens (primary N) is 1. The monoisotopic (exact) mass is 361 g/mol. The van der Waals surface area contributed by atoms with Gasteiger partial charge in [-0.1, -0.05) is 36.4 Å². The van der Waals surface area contributed by atoms with Gasteiger partial charge in [-0.3, -0.25) is 4.90 Å². The third-order valence-electron chi connectivity index (χ3n) is 5.74.